The Morgan fingerprint density at radius 3 is 2.81 bits per heavy atom. The first-order valence-corrected chi connectivity index (χ1v) is 6.29. The molecule has 2 rings (SSSR count). The van der Waals surface area contributed by atoms with Crippen molar-refractivity contribution < 1.29 is 4.79 Å². The predicted octanol–water partition coefficient (Wildman–Crippen LogP) is 3.20. The number of nitrogens with one attached hydrogen (secondary N) is 1. The maximum atomic E-state index is 11.9. The summed E-state index contributed by atoms with van der Waals surface area (Å²) in [6.45, 7) is 1.36. The van der Waals surface area contributed by atoms with Gasteiger partial charge in [0.25, 0.3) is 0 Å². The molecule has 0 saturated carbocycles. The van der Waals surface area contributed by atoms with Crippen LogP contribution in [0, 0.1) is 16.5 Å². The highest BCUT2D eigenvalue weighted by molar-refractivity contribution is 6.31. The second-order valence-electron chi connectivity index (χ2n) is 4.14. The van der Waals surface area contributed by atoms with Gasteiger partial charge in [0.2, 0.25) is 5.91 Å². The number of hydrogen-bond acceptors (Lipinski definition) is 5. The molecule has 0 fully saturated rings. The van der Waals surface area contributed by atoms with Gasteiger partial charge in [0.15, 0.2) is 0 Å². The van der Waals surface area contributed by atoms with Gasteiger partial charge >= 0.3 is 0 Å². The first-order chi connectivity index (χ1) is 10.1. The summed E-state index contributed by atoms with van der Waals surface area (Å²) in [6.07, 6.45) is 1.41. The van der Waals surface area contributed by atoms with Crippen LogP contribution in [0.15, 0.2) is 36.5 Å². The second-order valence-corrected chi connectivity index (χ2v) is 4.54. The fourth-order valence-corrected chi connectivity index (χ4v) is 1.98. The monoisotopic (exact) mass is 301 g/mol. The van der Waals surface area contributed by atoms with Crippen LogP contribution < -0.4 is 10.4 Å². The zero-order valence-corrected chi connectivity index (χ0v) is 11.8. The van der Waals surface area contributed by atoms with E-state index in [2.05, 4.69) is 4.98 Å². The lowest BCUT2D eigenvalue weighted by atomic mass is 10.2. The summed E-state index contributed by atoms with van der Waals surface area (Å²) < 4.78 is 0. The molecule has 0 aliphatic rings. The molecule has 0 bridgehead atoms. The van der Waals surface area contributed by atoms with Gasteiger partial charge in [0, 0.05) is 24.9 Å². The maximum absolute atomic E-state index is 11.9. The predicted molar refractivity (Wildman–Crippen MR) is 80.2 cm³/mol. The van der Waals surface area contributed by atoms with Crippen molar-refractivity contribution in [2.45, 2.75) is 6.92 Å². The zero-order valence-electron chi connectivity index (χ0n) is 11.0. The number of halogens is 1. The summed E-state index contributed by atoms with van der Waals surface area (Å²) >= 11 is 5.88. The van der Waals surface area contributed by atoms with Gasteiger partial charge in [-0.15, -0.1) is 0 Å². The number of rotatable bonds is 3. The number of hydrogen-bond donors (Lipinski definition) is 1. The van der Waals surface area contributed by atoms with Crippen molar-refractivity contribution in [1.82, 2.24) is 4.98 Å². The fraction of sp³-hybridized carbons (Fsp3) is 0.0714. The Balaban J connectivity index is 2.54. The van der Waals surface area contributed by atoms with Gasteiger partial charge in [-0.25, -0.2) is 4.98 Å². The van der Waals surface area contributed by atoms with Crippen molar-refractivity contribution >= 4 is 34.7 Å². The zero-order chi connectivity index (χ0) is 15.4. The molecular formula is C14H10ClN4O2-. The molecule has 21 heavy (non-hydrogen) atoms. The minimum atomic E-state index is -0.309. The quantitative estimate of drug-likeness (QED) is 0.879. The summed E-state index contributed by atoms with van der Waals surface area (Å²) in [5, 5.41) is 20.0. The van der Waals surface area contributed by atoms with Crippen LogP contribution in [0.3, 0.4) is 0 Å². The van der Waals surface area contributed by atoms with Crippen LogP contribution >= 0.6 is 11.6 Å². The first-order valence-electron chi connectivity index (χ1n) is 5.91. The highest BCUT2D eigenvalue weighted by atomic mass is 35.5. The van der Waals surface area contributed by atoms with Crippen LogP contribution in [0.2, 0.25) is 5.02 Å². The average molecular weight is 302 g/mol. The van der Waals surface area contributed by atoms with E-state index in [0.717, 1.165) is 0 Å². The number of amides is 1. The van der Waals surface area contributed by atoms with E-state index in [9.17, 15) is 10.0 Å². The summed E-state index contributed by atoms with van der Waals surface area (Å²) in [4.78, 5) is 17.3. The normalized spacial score (nSPS) is 9.81. The lowest BCUT2D eigenvalue weighted by molar-refractivity contribution is -0.115. The van der Waals surface area contributed by atoms with Crippen molar-refractivity contribution in [3.63, 3.8) is 0 Å². The number of aromatic nitrogens is 1. The summed E-state index contributed by atoms with van der Waals surface area (Å²) in [5.41, 5.74) is 2.71. The number of carbonyl (C=O) groups is 1. The standard InChI is InChI=1S/C14H10ClN4O2/c1-9(20)19(14-7-11(18-21)4-5-17-14)12-2-3-13(15)10(6-12)8-16/h2-7H,1H3,(H-,17,18,21)/q-1. The molecule has 6 nitrogen and oxygen atoms in total. The number of benzene rings is 1. The van der Waals surface area contributed by atoms with E-state index < -0.39 is 0 Å². The molecule has 0 unspecified atom stereocenters. The summed E-state index contributed by atoms with van der Waals surface area (Å²) in [6, 6.07) is 9.49. The molecule has 2 aromatic rings. The van der Waals surface area contributed by atoms with Gasteiger partial charge in [-0.05, 0) is 24.3 Å². The highest BCUT2D eigenvalue weighted by Gasteiger charge is 2.17. The third-order valence-corrected chi connectivity index (χ3v) is 3.07. The van der Waals surface area contributed by atoms with Crippen LogP contribution in [0.5, 0.6) is 0 Å². The Morgan fingerprint density at radius 2 is 2.19 bits per heavy atom. The summed E-state index contributed by atoms with van der Waals surface area (Å²) in [5.74, 6) is -0.0358. The van der Waals surface area contributed by atoms with Crippen molar-refractivity contribution in [2.24, 2.45) is 0 Å². The lowest BCUT2D eigenvalue weighted by Crippen LogP contribution is -2.23. The Morgan fingerprint density at radius 1 is 1.43 bits per heavy atom. The molecule has 7 heteroatoms. The van der Waals surface area contributed by atoms with Crippen molar-refractivity contribution in [1.29, 1.82) is 5.26 Å². The Kier molecular flexibility index (Phi) is 4.38. The average Bonchev–Trinajstić information content (AvgIpc) is 2.49. The second kappa shape index (κ2) is 6.22. The molecule has 106 valence electrons. The van der Waals surface area contributed by atoms with E-state index in [1.165, 1.54) is 42.3 Å². The van der Waals surface area contributed by atoms with E-state index in [0.29, 0.717) is 10.7 Å². The van der Waals surface area contributed by atoms with Gasteiger partial charge in [0.1, 0.15) is 11.9 Å². The van der Waals surface area contributed by atoms with Gasteiger partial charge < -0.3 is 10.7 Å². The van der Waals surface area contributed by atoms with Crippen LogP contribution in [0.4, 0.5) is 17.2 Å². The molecule has 1 aromatic heterocycles. The van der Waals surface area contributed by atoms with E-state index in [-0.39, 0.29) is 23.0 Å². The Hall–Kier alpha value is -2.62. The molecule has 0 atom stereocenters. The molecule has 1 amide bonds. The van der Waals surface area contributed by atoms with Gasteiger partial charge in [0.05, 0.1) is 16.3 Å². The number of nitriles is 1. The molecule has 0 aliphatic carbocycles. The Labute approximate surface area is 126 Å². The number of carbonyl (C=O) groups excluding carboxylic acids is 1. The van der Waals surface area contributed by atoms with Crippen LogP contribution in [-0.4, -0.2) is 10.9 Å². The molecule has 1 N–H and O–H groups in total. The molecule has 0 radical (unpaired) electrons. The van der Waals surface area contributed by atoms with Gasteiger partial charge in [-0.3, -0.25) is 9.69 Å². The third kappa shape index (κ3) is 3.11. The minimum absolute atomic E-state index is 0.249. The smallest absolute Gasteiger partial charge is 0.229 e. The maximum Gasteiger partial charge on any atom is 0.229 e. The molecule has 1 heterocycles. The SMILES string of the molecule is CC(=O)N(c1ccc(Cl)c(C#N)c1)c1cc(N[O-])ccn1. The molecule has 0 spiro atoms. The highest BCUT2D eigenvalue weighted by Crippen LogP contribution is 2.29. The third-order valence-electron chi connectivity index (χ3n) is 2.74. The molecule has 0 aliphatic heterocycles. The van der Waals surface area contributed by atoms with Crippen molar-refractivity contribution in [2.75, 3.05) is 10.4 Å². The van der Waals surface area contributed by atoms with Crippen LogP contribution in [0.1, 0.15) is 12.5 Å². The number of pyridine rings is 1. The molecular weight excluding hydrogens is 292 g/mol. The minimum Gasteiger partial charge on any atom is -0.761 e. The van der Waals surface area contributed by atoms with E-state index in [1.807, 2.05) is 6.07 Å². The summed E-state index contributed by atoms with van der Waals surface area (Å²) in [7, 11) is 0. The lowest BCUT2D eigenvalue weighted by Gasteiger charge is -2.21. The largest absolute Gasteiger partial charge is 0.761 e. The molecule has 1 aromatic carbocycles. The van der Waals surface area contributed by atoms with Crippen LogP contribution in [-0.2, 0) is 4.79 Å². The van der Waals surface area contributed by atoms with Gasteiger partial charge in [-0.2, -0.15) is 5.26 Å². The van der Waals surface area contributed by atoms with E-state index in [1.54, 1.807) is 11.5 Å². The topological polar surface area (TPSA) is 92.1 Å². The number of anilines is 3. The van der Waals surface area contributed by atoms with Crippen LogP contribution in [0.25, 0.3) is 0 Å². The fourth-order valence-electron chi connectivity index (χ4n) is 1.82. The van der Waals surface area contributed by atoms with E-state index >= 15 is 0 Å². The van der Waals surface area contributed by atoms with Crippen molar-refractivity contribution in [3.8, 4) is 6.07 Å². The molecule has 0 saturated heterocycles. The van der Waals surface area contributed by atoms with E-state index in [4.69, 9.17) is 16.9 Å². The van der Waals surface area contributed by atoms with Crippen molar-refractivity contribution in [3.05, 3.63) is 52.3 Å². The first kappa shape index (κ1) is 14.8. The number of nitrogens with zero attached hydrogens (tertiary/aromatic N) is 3. The Bertz CT molecular complexity index is 727. The van der Waals surface area contributed by atoms with Gasteiger partial charge in [-0.1, -0.05) is 11.6 Å².